The summed E-state index contributed by atoms with van der Waals surface area (Å²) >= 11 is 0. The number of alkyl halides is 3. The highest BCUT2D eigenvalue weighted by Crippen LogP contribution is 2.29. The summed E-state index contributed by atoms with van der Waals surface area (Å²) in [4.78, 5) is 0. The Kier molecular flexibility index (Phi) is 3.16. The summed E-state index contributed by atoms with van der Waals surface area (Å²) in [5, 5.41) is 1.70. The Bertz CT molecular complexity index is 289. The van der Waals surface area contributed by atoms with E-state index >= 15 is 0 Å². The van der Waals surface area contributed by atoms with Crippen LogP contribution < -0.4 is 5.32 Å². The summed E-state index contributed by atoms with van der Waals surface area (Å²) in [5.41, 5.74) is 0.227. The van der Waals surface area contributed by atoms with E-state index < -0.39 is 11.7 Å². The number of quaternary nitrogens is 1. The lowest BCUT2D eigenvalue weighted by molar-refractivity contribution is -0.637. The quantitative estimate of drug-likeness (QED) is 0.709. The molecule has 78 valence electrons. The molecule has 0 saturated carbocycles. The van der Waals surface area contributed by atoms with Crippen LogP contribution in [-0.2, 0) is 6.18 Å². The second-order valence-corrected chi connectivity index (χ2v) is 3.14. The molecule has 1 unspecified atom stereocenters. The molecule has 0 aliphatic heterocycles. The van der Waals surface area contributed by atoms with Gasteiger partial charge in [0, 0.05) is 5.56 Å². The molecule has 0 spiro atoms. The zero-order valence-corrected chi connectivity index (χ0v) is 7.81. The van der Waals surface area contributed by atoms with E-state index in [9.17, 15) is 13.2 Å². The smallest absolute Gasteiger partial charge is 0.416 e. The molecule has 0 fully saturated rings. The maximum absolute atomic E-state index is 12.2. The van der Waals surface area contributed by atoms with Gasteiger partial charge in [0.1, 0.15) is 0 Å². The van der Waals surface area contributed by atoms with Crippen molar-refractivity contribution in [3.05, 3.63) is 42.4 Å². The Morgan fingerprint density at radius 2 is 1.71 bits per heavy atom. The number of halogens is 3. The number of hydrogen-bond donors (Lipinski definition) is 1. The van der Waals surface area contributed by atoms with Crippen molar-refractivity contribution in [1.82, 2.24) is 0 Å². The van der Waals surface area contributed by atoms with Gasteiger partial charge in [-0.1, -0.05) is 12.1 Å². The van der Waals surface area contributed by atoms with Crippen LogP contribution in [0, 0.1) is 7.05 Å². The third-order valence-corrected chi connectivity index (χ3v) is 2.12. The Morgan fingerprint density at radius 3 is 2.07 bits per heavy atom. The Labute approximate surface area is 80.9 Å². The second kappa shape index (κ2) is 4.00. The average Bonchev–Trinajstić information content (AvgIpc) is 2.15. The van der Waals surface area contributed by atoms with E-state index in [1.807, 2.05) is 6.92 Å². The minimum absolute atomic E-state index is 0.0808. The van der Waals surface area contributed by atoms with E-state index in [2.05, 4.69) is 7.05 Å². The zero-order valence-electron chi connectivity index (χ0n) is 7.81. The molecule has 14 heavy (non-hydrogen) atoms. The highest BCUT2D eigenvalue weighted by atomic mass is 19.4. The van der Waals surface area contributed by atoms with Crippen molar-refractivity contribution in [2.45, 2.75) is 19.1 Å². The molecule has 1 rings (SSSR count). The normalized spacial score (nSPS) is 14.1. The zero-order chi connectivity index (χ0) is 10.8. The first-order valence-electron chi connectivity index (χ1n) is 4.25. The van der Waals surface area contributed by atoms with Crippen LogP contribution in [0.1, 0.15) is 24.1 Å². The van der Waals surface area contributed by atoms with Crippen molar-refractivity contribution in [3.8, 4) is 0 Å². The Morgan fingerprint density at radius 1 is 1.21 bits per heavy atom. The Balaban J connectivity index is 2.89. The molecule has 0 aliphatic rings. The first-order valence-corrected chi connectivity index (χ1v) is 4.25. The minimum atomic E-state index is -4.25. The standard InChI is InChI=1S/C10H12F3N/c1-7(14-2)8-3-5-9(6-4-8)10(11,12)13/h3-7H,2,14H2,1H3. The summed E-state index contributed by atoms with van der Waals surface area (Å²) in [6.07, 6.45) is -4.25. The van der Waals surface area contributed by atoms with Crippen LogP contribution in [0.25, 0.3) is 0 Å². The number of nitrogens with two attached hydrogens (primary N) is 1. The van der Waals surface area contributed by atoms with Gasteiger partial charge >= 0.3 is 6.18 Å². The van der Waals surface area contributed by atoms with Crippen LogP contribution in [0.4, 0.5) is 13.2 Å². The van der Waals surface area contributed by atoms with Gasteiger partial charge in [0.2, 0.25) is 0 Å². The van der Waals surface area contributed by atoms with Gasteiger partial charge in [-0.15, -0.1) is 0 Å². The molecule has 0 radical (unpaired) electrons. The van der Waals surface area contributed by atoms with E-state index in [0.29, 0.717) is 0 Å². The second-order valence-electron chi connectivity index (χ2n) is 3.14. The molecule has 4 heteroatoms. The van der Waals surface area contributed by atoms with Crippen LogP contribution in [0.3, 0.4) is 0 Å². The molecule has 1 aromatic carbocycles. The fraction of sp³-hybridized carbons (Fsp3) is 0.300. The van der Waals surface area contributed by atoms with Crippen molar-refractivity contribution >= 4 is 0 Å². The lowest BCUT2D eigenvalue weighted by Gasteiger charge is -2.12. The first-order chi connectivity index (χ1) is 6.45. The molecule has 0 aliphatic carbocycles. The van der Waals surface area contributed by atoms with Crippen LogP contribution in [0.15, 0.2) is 24.3 Å². The largest absolute Gasteiger partial charge is 0.473 e. The van der Waals surface area contributed by atoms with E-state index in [-0.39, 0.29) is 6.04 Å². The molecular formula is C10H12F3N. The fourth-order valence-electron chi connectivity index (χ4n) is 1.11. The summed E-state index contributed by atoms with van der Waals surface area (Å²) in [6.45, 7) is 1.88. The van der Waals surface area contributed by atoms with Crippen LogP contribution in [0.5, 0.6) is 0 Å². The fourth-order valence-corrected chi connectivity index (χ4v) is 1.11. The Hall–Kier alpha value is -1.03. The summed E-state index contributed by atoms with van der Waals surface area (Å²) in [6, 6.07) is 5.23. The van der Waals surface area contributed by atoms with Crippen LogP contribution in [0.2, 0.25) is 0 Å². The van der Waals surface area contributed by atoms with Crippen LogP contribution >= 0.6 is 0 Å². The maximum atomic E-state index is 12.2. The first kappa shape index (κ1) is 11.0. The molecule has 0 bridgehead atoms. The van der Waals surface area contributed by atoms with Gasteiger partial charge in [0.15, 0.2) is 0 Å². The van der Waals surface area contributed by atoms with Gasteiger partial charge in [0.05, 0.1) is 11.6 Å². The number of benzene rings is 1. The highest BCUT2D eigenvalue weighted by Gasteiger charge is 2.30. The molecule has 1 aromatic rings. The maximum Gasteiger partial charge on any atom is 0.416 e. The van der Waals surface area contributed by atoms with Crippen molar-refractivity contribution in [2.75, 3.05) is 0 Å². The van der Waals surface area contributed by atoms with Gasteiger partial charge in [-0.05, 0) is 19.1 Å². The lowest BCUT2D eigenvalue weighted by atomic mass is 10.1. The summed E-state index contributed by atoms with van der Waals surface area (Å²) in [5.74, 6) is 0. The van der Waals surface area contributed by atoms with Crippen LogP contribution in [-0.4, -0.2) is 0 Å². The SMILES string of the molecule is [CH2-][NH2+]C(C)c1ccc(C(F)(F)F)cc1. The number of hydrogen-bond acceptors (Lipinski definition) is 0. The van der Waals surface area contributed by atoms with Crippen molar-refractivity contribution in [3.63, 3.8) is 0 Å². The minimum Gasteiger partial charge on any atom is -0.473 e. The predicted octanol–water partition coefficient (Wildman–Crippen LogP) is 2.12. The van der Waals surface area contributed by atoms with Crippen molar-refractivity contribution in [1.29, 1.82) is 0 Å². The monoisotopic (exact) mass is 203 g/mol. The topological polar surface area (TPSA) is 16.6 Å². The van der Waals surface area contributed by atoms with Gasteiger partial charge in [-0.25, -0.2) is 0 Å². The van der Waals surface area contributed by atoms with E-state index in [0.717, 1.165) is 17.7 Å². The molecule has 1 nitrogen and oxygen atoms in total. The molecule has 0 aromatic heterocycles. The van der Waals surface area contributed by atoms with Gasteiger partial charge < -0.3 is 5.32 Å². The molecule has 2 N–H and O–H groups in total. The van der Waals surface area contributed by atoms with Gasteiger partial charge in [-0.2, -0.15) is 20.2 Å². The van der Waals surface area contributed by atoms with E-state index in [1.54, 1.807) is 5.32 Å². The van der Waals surface area contributed by atoms with Crippen molar-refractivity contribution < 1.29 is 18.5 Å². The van der Waals surface area contributed by atoms with Crippen molar-refractivity contribution in [2.24, 2.45) is 0 Å². The molecule has 1 atom stereocenters. The number of rotatable bonds is 2. The lowest BCUT2D eigenvalue weighted by Crippen LogP contribution is -2.77. The third-order valence-electron chi connectivity index (χ3n) is 2.12. The van der Waals surface area contributed by atoms with E-state index in [4.69, 9.17) is 0 Å². The highest BCUT2D eigenvalue weighted by molar-refractivity contribution is 5.25. The van der Waals surface area contributed by atoms with E-state index in [1.165, 1.54) is 12.1 Å². The molecular weight excluding hydrogens is 191 g/mol. The summed E-state index contributed by atoms with van der Waals surface area (Å²) in [7, 11) is 3.59. The van der Waals surface area contributed by atoms with Gasteiger partial charge in [0.25, 0.3) is 0 Å². The van der Waals surface area contributed by atoms with Gasteiger partial charge in [-0.3, -0.25) is 0 Å². The third kappa shape index (κ3) is 2.48. The summed E-state index contributed by atoms with van der Waals surface area (Å²) < 4.78 is 36.5. The predicted molar refractivity (Wildman–Crippen MR) is 47.1 cm³/mol. The average molecular weight is 203 g/mol. The molecule has 0 heterocycles. The molecule has 0 saturated heterocycles. The molecule has 0 amide bonds.